The first-order valence-electron chi connectivity index (χ1n) is 11.1. The largest absolute Gasteiger partial charge is 0.387 e. The highest BCUT2D eigenvalue weighted by Crippen LogP contribution is 2.53. The van der Waals surface area contributed by atoms with Gasteiger partial charge in [-0.15, -0.1) is 0 Å². The summed E-state index contributed by atoms with van der Waals surface area (Å²) in [5.41, 5.74) is -3.30. The van der Waals surface area contributed by atoms with E-state index in [9.17, 15) is 36.6 Å². The van der Waals surface area contributed by atoms with E-state index in [0.29, 0.717) is 25.0 Å². The fourth-order valence-electron chi connectivity index (χ4n) is 5.38. The standard InChI is InChI=1S/C24H25ClF3NO5S/c1-23(2,31)24(32)10-13-3-4-14(11-24)21(13)35(33,34)19-7-12(5-6-16(19)25)22(30)29-15-8-17(26)20(28)18(27)9-15/h5-9,13-14,21,31-32H,3-4,10-11H2,1-2H3,(H,29,30)/t13?,14?,21-,24-. The maximum Gasteiger partial charge on any atom is 0.255 e. The summed E-state index contributed by atoms with van der Waals surface area (Å²) in [6, 6.07) is 4.81. The second kappa shape index (κ2) is 8.76. The second-order valence-electron chi connectivity index (χ2n) is 9.96. The third-order valence-corrected chi connectivity index (χ3v) is 10.2. The molecule has 2 aromatic rings. The topological polar surface area (TPSA) is 104 Å². The Labute approximate surface area is 206 Å². The molecule has 3 N–H and O–H groups in total. The van der Waals surface area contributed by atoms with Crippen LogP contribution < -0.4 is 5.32 Å². The molecule has 2 aromatic carbocycles. The minimum atomic E-state index is -4.05. The van der Waals surface area contributed by atoms with Gasteiger partial charge in [0.25, 0.3) is 5.91 Å². The number of nitrogens with one attached hydrogen (secondary N) is 1. The molecule has 6 nitrogen and oxygen atoms in total. The summed E-state index contributed by atoms with van der Waals surface area (Å²) in [4.78, 5) is 12.4. The molecule has 0 radical (unpaired) electrons. The van der Waals surface area contributed by atoms with Gasteiger partial charge in [-0.3, -0.25) is 4.79 Å². The number of sulfone groups is 1. The Morgan fingerprint density at radius 3 is 2.14 bits per heavy atom. The average molecular weight is 532 g/mol. The fourth-order valence-corrected chi connectivity index (χ4v) is 8.22. The molecule has 190 valence electrons. The molecule has 0 heterocycles. The van der Waals surface area contributed by atoms with E-state index in [1.54, 1.807) is 0 Å². The molecule has 2 unspecified atom stereocenters. The molecule has 2 aliphatic carbocycles. The maximum atomic E-state index is 13.7. The third kappa shape index (κ3) is 4.57. The van der Waals surface area contributed by atoms with E-state index in [1.165, 1.54) is 26.0 Å². The Hall–Kier alpha value is -2.14. The summed E-state index contributed by atoms with van der Waals surface area (Å²) in [5.74, 6) is -6.34. The lowest BCUT2D eigenvalue weighted by atomic mass is 9.69. The van der Waals surface area contributed by atoms with Crippen molar-refractivity contribution in [3.63, 3.8) is 0 Å². The number of rotatable bonds is 5. The van der Waals surface area contributed by atoms with Crippen molar-refractivity contribution in [2.24, 2.45) is 11.8 Å². The van der Waals surface area contributed by atoms with E-state index in [2.05, 4.69) is 5.32 Å². The summed E-state index contributed by atoms with van der Waals surface area (Å²) >= 11 is 6.23. The lowest BCUT2D eigenvalue weighted by Gasteiger charge is -2.47. The zero-order chi connectivity index (χ0) is 25.9. The van der Waals surface area contributed by atoms with Gasteiger partial charge in [0.15, 0.2) is 27.3 Å². The van der Waals surface area contributed by atoms with Crippen LogP contribution in [0.15, 0.2) is 35.2 Å². The molecule has 0 saturated heterocycles. The molecule has 2 aliphatic rings. The summed E-state index contributed by atoms with van der Waals surface area (Å²) < 4.78 is 67.5. The van der Waals surface area contributed by atoms with Crippen molar-refractivity contribution in [3.8, 4) is 0 Å². The Morgan fingerprint density at radius 1 is 1.09 bits per heavy atom. The minimum Gasteiger partial charge on any atom is -0.387 e. The van der Waals surface area contributed by atoms with Gasteiger partial charge in [-0.1, -0.05) is 11.6 Å². The van der Waals surface area contributed by atoms with E-state index >= 15 is 0 Å². The first-order valence-corrected chi connectivity index (χ1v) is 13.0. The van der Waals surface area contributed by atoms with Gasteiger partial charge in [0.1, 0.15) is 0 Å². The van der Waals surface area contributed by atoms with Gasteiger partial charge in [0.05, 0.1) is 26.4 Å². The van der Waals surface area contributed by atoms with E-state index in [1.807, 2.05) is 0 Å². The van der Waals surface area contributed by atoms with E-state index < -0.39 is 61.5 Å². The summed E-state index contributed by atoms with van der Waals surface area (Å²) in [5, 5.41) is 22.7. The van der Waals surface area contributed by atoms with Crippen molar-refractivity contribution in [1.82, 2.24) is 0 Å². The van der Waals surface area contributed by atoms with Gasteiger partial charge >= 0.3 is 0 Å². The van der Waals surface area contributed by atoms with Crippen LogP contribution in [0.5, 0.6) is 0 Å². The Balaban J connectivity index is 1.63. The quantitative estimate of drug-likeness (QED) is 0.494. The van der Waals surface area contributed by atoms with Crippen LogP contribution in [0.4, 0.5) is 18.9 Å². The molecular formula is C24H25ClF3NO5S. The molecule has 11 heteroatoms. The molecule has 35 heavy (non-hydrogen) atoms. The maximum absolute atomic E-state index is 13.7. The number of hydrogen-bond donors (Lipinski definition) is 3. The van der Waals surface area contributed by atoms with Gasteiger partial charge in [-0.2, -0.15) is 0 Å². The lowest BCUT2D eigenvalue weighted by molar-refractivity contribution is -0.159. The van der Waals surface area contributed by atoms with E-state index in [0.717, 1.165) is 6.07 Å². The van der Waals surface area contributed by atoms with Crippen molar-refractivity contribution in [3.05, 3.63) is 58.4 Å². The van der Waals surface area contributed by atoms with Gasteiger partial charge in [0, 0.05) is 23.4 Å². The minimum absolute atomic E-state index is 0.0943. The molecule has 0 spiro atoms. The normalized spacial score (nSPS) is 26.6. The first kappa shape index (κ1) is 25.9. The Morgan fingerprint density at radius 2 is 1.63 bits per heavy atom. The van der Waals surface area contributed by atoms with Crippen LogP contribution in [-0.2, 0) is 9.84 Å². The number of aliphatic hydroxyl groups is 2. The SMILES string of the molecule is CC(C)(O)[C@]1(O)CC2CCC(C1)[C@H]2S(=O)(=O)c1cc(C(=O)Nc2cc(F)c(F)c(F)c2)ccc1Cl. The van der Waals surface area contributed by atoms with Crippen LogP contribution >= 0.6 is 11.6 Å². The fraction of sp³-hybridized carbons (Fsp3) is 0.458. The van der Waals surface area contributed by atoms with Crippen molar-refractivity contribution >= 4 is 33.0 Å². The third-order valence-electron chi connectivity index (χ3n) is 7.28. The average Bonchev–Trinajstić information content (AvgIpc) is 3.04. The van der Waals surface area contributed by atoms with Crippen molar-refractivity contribution in [2.75, 3.05) is 5.32 Å². The monoisotopic (exact) mass is 531 g/mol. The summed E-state index contributed by atoms with van der Waals surface area (Å²) in [6.07, 6.45) is 1.34. The number of hydrogen-bond acceptors (Lipinski definition) is 5. The van der Waals surface area contributed by atoms with Gasteiger partial charge in [-0.05, 0) is 69.6 Å². The number of anilines is 1. The smallest absolute Gasteiger partial charge is 0.255 e. The van der Waals surface area contributed by atoms with Gasteiger partial charge < -0.3 is 15.5 Å². The Bertz CT molecular complexity index is 1260. The number of halogens is 4. The molecular weight excluding hydrogens is 507 g/mol. The summed E-state index contributed by atoms with van der Waals surface area (Å²) in [7, 11) is -4.05. The van der Waals surface area contributed by atoms with Crippen LogP contribution in [0.3, 0.4) is 0 Å². The first-order chi connectivity index (χ1) is 16.1. The lowest BCUT2D eigenvalue weighted by Crippen LogP contribution is -2.57. The van der Waals surface area contributed by atoms with Crippen molar-refractivity contribution in [1.29, 1.82) is 0 Å². The molecule has 4 rings (SSSR count). The van der Waals surface area contributed by atoms with Crippen molar-refractivity contribution in [2.45, 2.75) is 60.9 Å². The zero-order valence-electron chi connectivity index (χ0n) is 19.0. The molecule has 2 bridgehead atoms. The van der Waals surface area contributed by atoms with Crippen LogP contribution in [0, 0.1) is 29.3 Å². The number of carbonyl (C=O) groups is 1. The second-order valence-corrected chi connectivity index (χ2v) is 12.4. The number of fused-ring (bicyclic) bond motifs is 2. The van der Waals surface area contributed by atoms with E-state index in [-0.39, 0.29) is 34.0 Å². The highest BCUT2D eigenvalue weighted by atomic mass is 35.5. The molecule has 2 atom stereocenters. The number of benzene rings is 2. The molecule has 2 saturated carbocycles. The van der Waals surface area contributed by atoms with E-state index in [4.69, 9.17) is 11.6 Å². The van der Waals surface area contributed by atoms with Crippen LogP contribution in [0.1, 0.15) is 49.9 Å². The van der Waals surface area contributed by atoms with Crippen LogP contribution in [-0.4, -0.2) is 41.0 Å². The van der Waals surface area contributed by atoms with Gasteiger partial charge in [0.2, 0.25) is 0 Å². The molecule has 2 fully saturated rings. The predicted molar refractivity (Wildman–Crippen MR) is 123 cm³/mol. The van der Waals surface area contributed by atoms with Crippen LogP contribution in [0.25, 0.3) is 0 Å². The van der Waals surface area contributed by atoms with Crippen LogP contribution in [0.2, 0.25) is 5.02 Å². The molecule has 0 aromatic heterocycles. The predicted octanol–water partition coefficient (Wildman–Crippen LogP) is 4.47. The molecule has 1 amide bonds. The highest BCUT2D eigenvalue weighted by Gasteiger charge is 2.58. The number of carbonyl (C=O) groups excluding carboxylic acids is 1. The van der Waals surface area contributed by atoms with Crippen molar-refractivity contribution < 1.29 is 36.6 Å². The van der Waals surface area contributed by atoms with Gasteiger partial charge in [-0.25, -0.2) is 21.6 Å². The zero-order valence-corrected chi connectivity index (χ0v) is 20.6. The summed E-state index contributed by atoms with van der Waals surface area (Å²) in [6.45, 7) is 3.00. The highest BCUT2D eigenvalue weighted by molar-refractivity contribution is 7.92. The number of amides is 1. The molecule has 0 aliphatic heterocycles. The Kier molecular flexibility index (Phi) is 6.49.